The smallest absolute Gasteiger partial charge is 0.225 e. The Hall–Kier alpha value is -2.96. The summed E-state index contributed by atoms with van der Waals surface area (Å²) in [7, 11) is 0. The second-order valence-electron chi connectivity index (χ2n) is 8.02. The Morgan fingerprint density at radius 1 is 1.00 bits per heavy atom. The first-order valence-electron chi connectivity index (χ1n) is 10.8. The van der Waals surface area contributed by atoms with E-state index in [-0.39, 0.29) is 6.61 Å². The number of aliphatic hydroxyl groups is 1. The van der Waals surface area contributed by atoms with E-state index in [0.717, 1.165) is 35.9 Å². The Morgan fingerprint density at radius 2 is 1.77 bits per heavy atom. The van der Waals surface area contributed by atoms with Gasteiger partial charge in [0.15, 0.2) is 0 Å². The van der Waals surface area contributed by atoms with Crippen molar-refractivity contribution in [2.75, 3.05) is 36.1 Å². The summed E-state index contributed by atoms with van der Waals surface area (Å²) < 4.78 is 5.46. The van der Waals surface area contributed by atoms with E-state index >= 15 is 0 Å². The fourth-order valence-corrected chi connectivity index (χ4v) is 3.94. The number of benzene rings is 2. The Morgan fingerprint density at radius 3 is 2.55 bits per heavy atom. The minimum absolute atomic E-state index is 0.0332. The van der Waals surface area contributed by atoms with Gasteiger partial charge in [-0.1, -0.05) is 36.4 Å². The van der Waals surface area contributed by atoms with Gasteiger partial charge in [-0.25, -0.2) is 9.97 Å². The first kappa shape index (κ1) is 21.3. The average Bonchev–Trinajstić information content (AvgIpc) is 2.81. The number of aliphatic hydroxyl groups excluding tert-OH is 1. The first-order chi connectivity index (χ1) is 15.1. The highest BCUT2D eigenvalue weighted by Crippen LogP contribution is 2.26. The molecule has 0 radical (unpaired) electrons. The number of nitrogens with zero attached hydrogens (tertiary/aromatic N) is 4. The topological polar surface area (TPSA) is 61.7 Å². The molecule has 2 heterocycles. The van der Waals surface area contributed by atoms with Crippen molar-refractivity contribution in [2.45, 2.75) is 33.5 Å². The molecule has 162 valence electrons. The highest BCUT2D eigenvalue weighted by atomic mass is 16.5. The Kier molecular flexibility index (Phi) is 6.79. The van der Waals surface area contributed by atoms with Crippen LogP contribution in [0.1, 0.15) is 27.9 Å². The van der Waals surface area contributed by atoms with Crippen LogP contribution in [0.3, 0.4) is 0 Å². The molecule has 4 rings (SSSR count). The zero-order valence-electron chi connectivity index (χ0n) is 18.3. The quantitative estimate of drug-likeness (QED) is 0.632. The van der Waals surface area contributed by atoms with Crippen LogP contribution in [-0.2, 0) is 24.4 Å². The maximum absolute atomic E-state index is 9.82. The molecule has 0 amide bonds. The molecule has 1 aromatic heterocycles. The van der Waals surface area contributed by atoms with E-state index in [9.17, 15) is 5.11 Å². The molecule has 1 aliphatic heterocycles. The molecular weight excluding hydrogens is 388 g/mol. The van der Waals surface area contributed by atoms with Gasteiger partial charge in [0.1, 0.15) is 0 Å². The largest absolute Gasteiger partial charge is 0.392 e. The van der Waals surface area contributed by atoms with Crippen LogP contribution < -0.4 is 9.80 Å². The molecular formula is C25H30N4O2. The van der Waals surface area contributed by atoms with Crippen molar-refractivity contribution < 1.29 is 9.84 Å². The van der Waals surface area contributed by atoms with E-state index in [2.05, 4.69) is 52.9 Å². The van der Waals surface area contributed by atoms with Gasteiger partial charge in [-0.05, 0) is 48.2 Å². The third-order valence-corrected chi connectivity index (χ3v) is 5.70. The van der Waals surface area contributed by atoms with E-state index in [1.807, 2.05) is 30.5 Å². The maximum atomic E-state index is 9.82. The highest BCUT2D eigenvalue weighted by molar-refractivity contribution is 5.56. The van der Waals surface area contributed by atoms with Crippen molar-refractivity contribution in [3.05, 3.63) is 82.7 Å². The normalized spacial score (nSPS) is 14.0. The van der Waals surface area contributed by atoms with E-state index in [1.54, 1.807) is 0 Å². The van der Waals surface area contributed by atoms with Crippen molar-refractivity contribution in [2.24, 2.45) is 0 Å². The van der Waals surface area contributed by atoms with Crippen molar-refractivity contribution in [3.63, 3.8) is 0 Å². The maximum Gasteiger partial charge on any atom is 0.225 e. The minimum Gasteiger partial charge on any atom is -0.392 e. The molecule has 0 atom stereocenters. The van der Waals surface area contributed by atoms with Crippen molar-refractivity contribution in [3.8, 4) is 0 Å². The van der Waals surface area contributed by atoms with Crippen LogP contribution in [0, 0.1) is 13.8 Å². The van der Waals surface area contributed by atoms with Crippen LogP contribution >= 0.6 is 0 Å². The monoisotopic (exact) mass is 418 g/mol. The lowest BCUT2D eigenvalue weighted by atomic mass is 10.1. The predicted octanol–water partition coefficient (Wildman–Crippen LogP) is 3.63. The summed E-state index contributed by atoms with van der Waals surface area (Å²) in [6.45, 7) is 8.68. The van der Waals surface area contributed by atoms with E-state index in [4.69, 9.17) is 9.72 Å². The number of morpholine rings is 1. The number of aryl methyl sites for hydroxylation is 2. The highest BCUT2D eigenvalue weighted by Gasteiger charge is 2.17. The van der Waals surface area contributed by atoms with Gasteiger partial charge in [-0.2, -0.15) is 0 Å². The van der Waals surface area contributed by atoms with Gasteiger partial charge in [0.2, 0.25) is 5.95 Å². The second-order valence-corrected chi connectivity index (χ2v) is 8.02. The van der Waals surface area contributed by atoms with Gasteiger partial charge in [-0.3, -0.25) is 0 Å². The van der Waals surface area contributed by atoms with Crippen molar-refractivity contribution >= 4 is 11.6 Å². The molecule has 31 heavy (non-hydrogen) atoms. The molecule has 6 nitrogen and oxygen atoms in total. The Labute approximate surface area is 184 Å². The second kappa shape index (κ2) is 9.90. The van der Waals surface area contributed by atoms with Gasteiger partial charge in [0.25, 0.3) is 0 Å². The van der Waals surface area contributed by atoms with Gasteiger partial charge in [0, 0.05) is 31.5 Å². The van der Waals surface area contributed by atoms with Crippen LogP contribution in [0.2, 0.25) is 0 Å². The minimum atomic E-state index is 0.0332. The number of anilines is 2. The van der Waals surface area contributed by atoms with Crippen LogP contribution in [0.5, 0.6) is 0 Å². The number of hydrogen-bond donors (Lipinski definition) is 1. The zero-order chi connectivity index (χ0) is 21.6. The molecule has 0 saturated carbocycles. The number of hydrogen-bond acceptors (Lipinski definition) is 6. The predicted molar refractivity (Wildman–Crippen MR) is 123 cm³/mol. The van der Waals surface area contributed by atoms with Crippen molar-refractivity contribution in [1.29, 1.82) is 0 Å². The molecule has 3 aromatic rings. The summed E-state index contributed by atoms with van der Waals surface area (Å²) >= 11 is 0. The summed E-state index contributed by atoms with van der Waals surface area (Å²) in [5.74, 6) is 0.762. The Bertz CT molecular complexity index is 1020. The van der Waals surface area contributed by atoms with E-state index < -0.39 is 0 Å². The summed E-state index contributed by atoms with van der Waals surface area (Å²) in [5.41, 5.74) is 6.66. The van der Waals surface area contributed by atoms with Crippen LogP contribution in [-0.4, -0.2) is 41.4 Å². The molecule has 1 N–H and O–H groups in total. The molecule has 1 saturated heterocycles. The van der Waals surface area contributed by atoms with Crippen LogP contribution in [0.25, 0.3) is 0 Å². The van der Waals surface area contributed by atoms with Gasteiger partial charge >= 0.3 is 0 Å². The molecule has 0 spiro atoms. The zero-order valence-corrected chi connectivity index (χ0v) is 18.3. The van der Waals surface area contributed by atoms with Gasteiger partial charge in [-0.15, -0.1) is 0 Å². The SMILES string of the molecule is Cc1ccc(C)c(N(Cc2ccnc(N3CCOCC3)n2)Cc2ccccc2CO)c1. The number of aromatic nitrogens is 2. The molecule has 2 aromatic carbocycles. The molecule has 1 fully saturated rings. The molecule has 0 aliphatic carbocycles. The summed E-state index contributed by atoms with van der Waals surface area (Å²) in [4.78, 5) is 13.9. The van der Waals surface area contributed by atoms with E-state index in [1.165, 1.54) is 16.8 Å². The van der Waals surface area contributed by atoms with Gasteiger partial charge in [0.05, 0.1) is 32.1 Å². The molecule has 6 heteroatoms. The van der Waals surface area contributed by atoms with Crippen LogP contribution in [0.4, 0.5) is 11.6 Å². The van der Waals surface area contributed by atoms with E-state index in [0.29, 0.717) is 26.3 Å². The lowest BCUT2D eigenvalue weighted by Gasteiger charge is -2.29. The number of rotatable bonds is 7. The lowest BCUT2D eigenvalue weighted by Crippen LogP contribution is -2.37. The molecule has 1 aliphatic rings. The van der Waals surface area contributed by atoms with Gasteiger partial charge < -0.3 is 19.6 Å². The fourth-order valence-electron chi connectivity index (χ4n) is 3.94. The third-order valence-electron chi connectivity index (χ3n) is 5.70. The summed E-state index contributed by atoms with van der Waals surface area (Å²) in [6.07, 6.45) is 1.84. The van der Waals surface area contributed by atoms with Crippen LogP contribution in [0.15, 0.2) is 54.7 Å². The third kappa shape index (κ3) is 5.21. The van der Waals surface area contributed by atoms with Crippen molar-refractivity contribution in [1.82, 2.24) is 9.97 Å². The summed E-state index contributed by atoms with van der Waals surface area (Å²) in [5, 5.41) is 9.82. The first-order valence-corrected chi connectivity index (χ1v) is 10.8. The molecule has 0 unspecified atom stereocenters. The number of ether oxygens (including phenoxy) is 1. The molecule has 0 bridgehead atoms. The Balaban J connectivity index is 1.65. The lowest BCUT2D eigenvalue weighted by molar-refractivity contribution is 0.122. The average molecular weight is 419 g/mol. The summed E-state index contributed by atoms with van der Waals surface area (Å²) in [6, 6.07) is 16.6. The fraction of sp³-hybridized carbons (Fsp3) is 0.360. The standard InChI is InChI=1S/C25H30N4O2/c1-19-7-8-20(2)24(15-19)29(16-21-5-3-4-6-22(21)18-30)17-23-9-10-26-25(27-23)28-11-13-31-14-12-28/h3-10,15,30H,11-14,16-18H2,1-2H3.